The van der Waals surface area contributed by atoms with Gasteiger partial charge in [0.25, 0.3) is 0 Å². The van der Waals surface area contributed by atoms with Crippen molar-refractivity contribution in [3.05, 3.63) is 44.4 Å². The normalized spacial score (nSPS) is 12.4. The van der Waals surface area contributed by atoms with Crippen LogP contribution < -0.4 is 10.1 Å². The van der Waals surface area contributed by atoms with Gasteiger partial charge in [0.05, 0.1) is 18.8 Å². The summed E-state index contributed by atoms with van der Waals surface area (Å²) in [5.41, 5.74) is 2.09. The van der Waals surface area contributed by atoms with Gasteiger partial charge in [-0.1, -0.05) is 24.6 Å². The second-order valence-electron chi connectivity index (χ2n) is 4.49. The smallest absolute Gasteiger partial charge is 0.125 e. The molecule has 108 valence electrons. The van der Waals surface area contributed by atoms with Gasteiger partial charge in [0.2, 0.25) is 0 Å². The van der Waals surface area contributed by atoms with Crippen molar-refractivity contribution >= 4 is 22.9 Å². The fourth-order valence-corrected chi connectivity index (χ4v) is 3.67. The van der Waals surface area contributed by atoms with Crippen LogP contribution >= 0.6 is 22.9 Å². The maximum absolute atomic E-state index is 6.37. The van der Waals surface area contributed by atoms with Crippen molar-refractivity contribution in [3.63, 3.8) is 0 Å². The van der Waals surface area contributed by atoms with E-state index in [2.05, 4.69) is 19.2 Å². The van der Waals surface area contributed by atoms with E-state index in [1.54, 1.807) is 18.4 Å². The van der Waals surface area contributed by atoms with Crippen LogP contribution in [0, 0.1) is 6.92 Å². The van der Waals surface area contributed by atoms with Crippen molar-refractivity contribution in [2.45, 2.75) is 26.3 Å². The van der Waals surface area contributed by atoms with E-state index in [4.69, 9.17) is 21.3 Å². The average Bonchev–Trinajstić information content (AvgIpc) is 2.82. The molecule has 2 rings (SSSR count). The van der Waals surface area contributed by atoms with Gasteiger partial charge in [-0.25, -0.2) is 4.98 Å². The molecule has 1 atom stereocenters. The minimum Gasteiger partial charge on any atom is -0.496 e. The summed E-state index contributed by atoms with van der Waals surface area (Å²) in [5, 5.41) is 5.01. The third kappa shape index (κ3) is 2.82. The van der Waals surface area contributed by atoms with Crippen LogP contribution in [0.3, 0.4) is 0 Å². The van der Waals surface area contributed by atoms with Crippen molar-refractivity contribution in [2.24, 2.45) is 0 Å². The van der Waals surface area contributed by atoms with E-state index in [1.807, 2.05) is 25.2 Å². The molecule has 0 aliphatic heterocycles. The number of methoxy groups -OCH3 is 1. The Balaban J connectivity index is 2.52. The minimum absolute atomic E-state index is 0.0531. The lowest BCUT2D eigenvalue weighted by Gasteiger charge is -2.18. The predicted molar refractivity (Wildman–Crippen MR) is 85.1 cm³/mol. The standard InChI is InChI=1S/C15H19ClN2OS/c1-5-11-9(2)20-15(18-11)14(17-3)13-10(16)7-6-8-12(13)19-4/h6-8,14,17H,5H2,1-4H3. The maximum Gasteiger partial charge on any atom is 0.125 e. The molecule has 1 unspecified atom stereocenters. The molecule has 0 aliphatic carbocycles. The molecule has 0 saturated carbocycles. The zero-order chi connectivity index (χ0) is 14.7. The number of hydrogen-bond donors (Lipinski definition) is 1. The van der Waals surface area contributed by atoms with Gasteiger partial charge in [0, 0.05) is 15.5 Å². The van der Waals surface area contributed by atoms with Crippen molar-refractivity contribution < 1.29 is 4.74 Å². The molecule has 0 spiro atoms. The van der Waals surface area contributed by atoms with Crippen LogP contribution in [0.4, 0.5) is 0 Å². The molecule has 1 N–H and O–H groups in total. The molecule has 0 aliphatic rings. The third-order valence-electron chi connectivity index (χ3n) is 3.30. The highest BCUT2D eigenvalue weighted by Crippen LogP contribution is 2.37. The van der Waals surface area contributed by atoms with Gasteiger partial charge in [-0.15, -0.1) is 11.3 Å². The Morgan fingerprint density at radius 1 is 1.45 bits per heavy atom. The van der Waals surface area contributed by atoms with Gasteiger partial charge in [-0.05, 0) is 32.5 Å². The van der Waals surface area contributed by atoms with Crippen molar-refractivity contribution in [1.29, 1.82) is 0 Å². The number of ether oxygens (including phenoxy) is 1. The van der Waals surface area contributed by atoms with Gasteiger partial charge in [0.1, 0.15) is 10.8 Å². The Kier molecular flexibility index (Phi) is 5.02. The Hall–Kier alpha value is -1.10. The summed E-state index contributed by atoms with van der Waals surface area (Å²) in [6, 6.07) is 5.64. The van der Waals surface area contributed by atoms with E-state index in [0.717, 1.165) is 28.4 Å². The lowest BCUT2D eigenvalue weighted by Crippen LogP contribution is -2.18. The van der Waals surface area contributed by atoms with Crippen LogP contribution in [0.25, 0.3) is 0 Å². The molecular weight excluding hydrogens is 292 g/mol. The average molecular weight is 311 g/mol. The van der Waals surface area contributed by atoms with E-state index in [9.17, 15) is 0 Å². The number of aromatic nitrogens is 1. The van der Waals surface area contributed by atoms with E-state index in [-0.39, 0.29) is 6.04 Å². The van der Waals surface area contributed by atoms with Crippen LogP contribution in [-0.2, 0) is 6.42 Å². The van der Waals surface area contributed by atoms with Gasteiger partial charge >= 0.3 is 0 Å². The summed E-state index contributed by atoms with van der Waals surface area (Å²) in [6.07, 6.45) is 0.943. The van der Waals surface area contributed by atoms with E-state index < -0.39 is 0 Å². The van der Waals surface area contributed by atoms with Gasteiger partial charge in [-0.2, -0.15) is 0 Å². The third-order valence-corrected chi connectivity index (χ3v) is 4.71. The Bertz CT molecular complexity index is 598. The van der Waals surface area contributed by atoms with E-state index in [1.165, 1.54) is 4.88 Å². The van der Waals surface area contributed by atoms with Crippen LogP contribution in [-0.4, -0.2) is 19.1 Å². The molecule has 2 aromatic rings. The van der Waals surface area contributed by atoms with Gasteiger partial charge in [0.15, 0.2) is 0 Å². The van der Waals surface area contributed by atoms with Crippen LogP contribution in [0.5, 0.6) is 5.75 Å². The molecule has 0 fully saturated rings. The zero-order valence-corrected chi connectivity index (χ0v) is 13.7. The molecule has 1 aromatic carbocycles. The number of aryl methyl sites for hydroxylation is 2. The van der Waals surface area contributed by atoms with Gasteiger partial charge in [-0.3, -0.25) is 0 Å². The lowest BCUT2D eigenvalue weighted by atomic mass is 10.1. The van der Waals surface area contributed by atoms with E-state index >= 15 is 0 Å². The summed E-state index contributed by atoms with van der Waals surface area (Å²) in [4.78, 5) is 5.99. The molecular formula is C15H19ClN2OS. The Labute approximate surface area is 129 Å². The SMILES string of the molecule is CCc1nc(C(NC)c2c(Cl)cccc2OC)sc1C. The summed E-state index contributed by atoms with van der Waals surface area (Å²) >= 11 is 8.08. The fourth-order valence-electron chi connectivity index (χ4n) is 2.27. The first-order valence-electron chi connectivity index (χ1n) is 6.58. The number of thiazole rings is 1. The number of rotatable bonds is 5. The maximum atomic E-state index is 6.37. The summed E-state index contributed by atoms with van der Waals surface area (Å²) in [5.74, 6) is 0.780. The quantitative estimate of drug-likeness (QED) is 0.907. The molecule has 1 aromatic heterocycles. The first kappa shape index (κ1) is 15.3. The molecule has 0 bridgehead atoms. The molecule has 0 saturated heterocycles. The summed E-state index contributed by atoms with van der Waals surface area (Å²) < 4.78 is 5.45. The van der Waals surface area contributed by atoms with Crippen LogP contribution in [0.15, 0.2) is 18.2 Å². The second kappa shape index (κ2) is 6.57. The first-order valence-corrected chi connectivity index (χ1v) is 7.77. The van der Waals surface area contributed by atoms with Crippen molar-refractivity contribution in [1.82, 2.24) is 10.3 Å². The highest BCUT2D eigenvalue weighted by molar-refractivity contribution is 7.11. The van der Waals surface area contributed by atoms with E-state index in [0.29, 0.717) is 5.02 Å². The fraction of sp³-hybridized carbons (Fsp3) is 0.400. The highest BCUT2D eigenvalue weighted by Gasteiger charge is 2.23. The lowest BCUT2D eigenvalue weighted by molar-refractivity contribution is 0.405. The molecule has 20 heavy (non-hydrogen) atoms. The first-order chi connectivity index (χ1) is 9.62. The molecule has 3 nitrogen and oxygen atoms in total. The predicted octanol–water partition coefficient (Wildman–Crippen LogP) is 3.98. The van der Waals surface area contributed by atoms with Crippen LogP contribution in [0.1, 0.15) is 34.1 Å². The molecule has 0 amide bonds. The van der Waals surface area contributed by atoms with Crippen LogP contribution in [0.2, 0.25) is 5.02 Å². The highest BCUT2D eigenvalue weighted by atomic mass is 35.5. The monoisotopic (exact) mass is 310 g/mol. The molecule has 1 heterocycles. The van der Waals surface area contributed by atoms with Crippen molar-refractivity contribution in [2.75, 3.05) is 14.2 Å². The topological polar surface area (TPSA) is 34.2 Å². The largest absolute Gasteiger partial charge is 0.496 e. The molecule has 0 radical (unpaired) electrons. The summed E-state index contributed by atoms with van der Waals surface area (Å²) in [7, 11) is 3.57. The number of halogens is 1. The number of hydrogen-bond acceptors (Lipinski definition) is 4. The molecule has 5 heteroatoms. The summed E-state index contributed by atoms with van der Waals surface area (Å²) in [6.45, 7) is 4.23. The number of nitrogens with one attached hydrogen (secondary N) is 1. The zero-order valence-electron chi connectivity index (χ0n) is 12.2. The number of nitrogens with zero attached hydrogens (tertiary/aromatic N) is 1. The minimum atomic E-state index is -0.0531. The van der Waals surface area contributed by atoms with Crippen molar-refractivity contribution in [3.8, 4) is 5.75 Å². The Morgan fingerprint density at radius 2 is 2.20 bits per heavy atom. The number of benzene rings is 1. The Morgan fingerprint density at radius 3 is 2.75 bits per heavy atom. The second-order valence-corrected chi connectivity index (χ2v) is 6.13. The van der Waals surface area contributed by atoms with Gasteiger partial charge < -0.3 is 10.1 Å².